The minimum atomic E-state index is 0.292. The van der Waals surface area contributed by atoms with Crippen LogP contribution in [-0.2, 0) is 0 Å². The Morgan fingerprint density at radius 1 is 0.917 bits per heavy atom. The summed E-state index contributed by atoms with van der Waals surface area (Å²) in [5.74, 6) is 0. The molecule has 0 heterocycles. The second kappa shape index (κ2) is 10.9. The topological polar surface area (TPSA) is 58.3 Å². The summed E-state index contributed by atoms with van der Waals surface area (Å²) in [5, 5.41) is 11.8. The summed E-state index contributed by atoms with van der Waals surface area (Å²) in [6.45, 7) is 3.12. The van der Waals surface area contributed by atoms with E-state index < -0.39 is 0 Å². The summed E-state index contributed by atoms with van der Waals surface area (Å²) < 4.78 is 0. The summed E-state index contributed by atoms with van der Waals surface area (Å²) in [7, 11) is 0. The van der Waals surface area contributed by atoms with Crippen LogP contribution in [0.2, 0.25) is 0 Å². The summed E-state index contributed by atoms with van der Waals surface area (Å²) in [6.07, 6.45) is 5.76. The third kappa shape index (κ3) is 9.88. The Kier molecular flexibility index (Phi) is 10.8. The number of hydrogen-bond donors (Lipinski definition) is 3. The van der Waals surface area contributed by atoms with Crippen molar-refractivity contribution >= 4 is 0 Å². The zero-order chi connectivity index (χ0) is 9.07. The van der Waals surface area contributed by atoms with Crippen LogP contribution in [0.3, 0.4) is 0 Å². The van der Waals surface area contributed by atoms with Gasteiger partial charge in [0.15, 0.2) is 0 Å². The van der Waals surface area contributed by atoms with Gasteiger partial charge in [-0.25, -0.2) is 0 Å². The van der Waals surface area contributed by atoms with Crippen LogP contribution in [0.4, 0.5) is 0 Å². The number of unbranched alkanes of at least 4 members (excludes halogenated alkanes) is 3. The van der Waals surface area contributed by atoms with E-state index in [1.54, 1.807) is 0 Å². The highest BCUT2D eigenvalue weighted by Gasteiger charge is 1.88. The molecule has 12 heavy (non-hydrogen) atoms. The van der Waals surface area contributed by atoms with E-state index in [2.05, 4.69) is 5.32 Å². The van der Waals surface area contributed by atoms with Crippen LogP contribution in [-0.4, -0.2) is 31.3 Å². The van der Waals surface area contributed by atoms with Crippen molar-refractivity contribution in [3.05, 3.63) is 0 Å². The molecular weight excluding hydrogens is 152 g/mol. The van der Waals surface area contributed by atoms with E-state index in [-0.39, 0.29) is 0 Å². The van der Waals surface area contributed by atoms with Crippen LogP contribution < -0.4 is 11.1 Å². The highest BCUT2D eigenvalue weighted by molar-refractivity contribution is 4.49. The first-order chi connectivity index (χ1) is 5.91. The number of nitrogens with two attached hydrogens (primary N) is 1. The summed E-state index contributed by atoms with van der Waals surface area (Å²) in [5.41, 5.74) is 5.37. The van der Waals surface area contributed by atoms with Crippen LogP contribution in [0.15, 0.2) is 0 Å². The van der Waals surface area contributed by atoms with Crippen LogP contribution in [0.1, 0.15) is 32.1 Å². The largest absolute Gasteiger partial charge is 0.396 e. The molecule has 0 aliphatic rings. The number of aliphatic hydroxyl groups excluding tert-OH is 1. The fourth-order valence-electron chi connectivity index (χ4n) is 1.08. The standard InChI is InChI=1S/C9H22N2O/c10-6-3-1-2-4-7-11-8-5-9-12/h11-12H,1-10H2. The highest BCUT2D eigenvalue weighted by atomic mass is 16.3. The molecule has 0 aromatic rings. The number of hydrogen-bond acceptors (Lipinski definition) is 3. The Morgan fingerprint density at radius 2 is 1.58 bits per heavy atom. The van der Waals surface area contributed by atoms with Crippen LogP contribution in [0.25, 0.3) is 0 Å². The van der Waals surface area contributed by atoms with E-state index in [9.17, 15) is 0 Å². The van der Waals surface area contributed by atoms with Gasteiger partial charge in [0.25, 0.3) is 0 Å². The average molecular weight is 174 g/mol. The Bertz CT molecular complexity index is 68.9. The number of nitrogens with one attached hydrogen (secondary N) is 1. The molecule has 4 N–H and O–H groups in total. The maximum atomic E-state index is 8.49. The number of rotatable bonds is 9. The van der Waals surface area contributed by atoms with E-state index in [0.29, 0.717) is 6.61 Å². The lowest BCUT2D eigenvalue weighted by atomic mass is 10.2. The zero-order valence-corrected chi connectivity index (χ0v) is 7.89. The molecule has 0 saturated heterocycles. The molecule has 3 heteroatoms. The van der Waals surface area contributed by atoms with Crippen molar-refractivity contribution in [3.63, 3.8) is 0 Å². The highest BCUT2D eigenvalue weighted by Crippen LogP contribution is 1.96. The molecule has 0 aliphatic heterocycles. The van der Waals surface area contributed by atoms with E-state index >= 15 is 0 Å². The van der Waals surface area contributed by atoms with Gasteiger partial charge >= 0.3 is 0 Å². The van der Waals surface area contributed by atoms with E-state index in [4.69, 9.17) is 10.8 Å². The molecule has 0 atom stereocenters. The van der Waals surface area contributed by atoms with Gasteiger partial charge in [-0.2, -0.15) is 0 Å². The van der Waals surface area contributed by atoms with Crippen molar-refractivity contribution in [2.75, 3.05) is 26.2 Å². The zero-order valence-electron chi connectivity index (χ0n) is 7.89. The molecule has 0 unspecified atom stereocenters. The van der Waals surface area contributed by atoms with E-state index in [1.807, 2.05) is 0 Å². The second-order valence-electron chi connectivity index (χ2n) is 3.03. The molecule has 3 nitrogen and oxygen atoms in total. The molecule has 0 rings (SSSR count). The summed E-state index contributed by atoms with van der Waals surface area (Å²) in [4.78, 5) is 0. The monoisotopic (exact) mass is 174 g/mol. The predicted octanol–water partition coefficient (Wildman–Crippen LogP) is 0.478. The fraction of sp³-hybridized carbons (Fsp3) is 1.00. The molecule has 0 spiro atoms. The molecule has 0 aliphatic carbocycles. The van der Waals surface area contributed by atoms with Gasteiger partial charge in [-0.3, -0.25) is 0 Å². The lowest BCUT2D eigenvalue weighted by Crippen LogP contribution is -2.17. The van der Waals surface area contributed by atoms with Crippen molar-refractivity contribution in [2.24, 2.45) is 5.73 Å². The molecule has 0 fully saturated rings. The van der Waals surface area contributed by atoms with E-state index in [0.717, 1.165) is 32.5 Å². The van der Waals surface area contributed by atoms with Crippen LogP contribution >= 0.6 is 0 Å². The molecule has 0 amide bonds. The minimum Gasteiger partial charge on any atom is -0.396 e. The summed E-state index contributed by atoms with van der Waals surface area (Å²) >= 11 is 0. The SMILES string of the molecule is NCCCCCCNCCCO. The molecule has 0 saturated carbocycles. The Balaban J connectivity index is 2.73. The van der Waals surface area contributed by atoms with E-state index in [1.165, 1.54) is 19.3 Å². The molecular formula is C9H22N2O. The first-order valence-electron chi connectivity index (χ1n) is 4.93. The summed E-state index contributed by atoms with van der Waals surface area (Å²) in [6, 6.07) is 0. The van der Waals surface area contributed by atoms with Gasteiger partial charge < -0.3 is 16.2 Å². The predicted molar refractivity (Wildman–Crippen MR) is 52.1 cm³/mol. The van der Waals surface area contributed by atoms with Gasteiger partial charge in [-0.05, 0) is 38.9 Å². The van der Waals surface area contributed by atoms with Gasteiger partial charge in [-0.1, -0.05) is 12.8 Å². The molecule has 0 aromatic carbocycles. The maximum Gasteiger partial charge on any atom is 0.0443 e. The van der Waals surface area contributed by atoms with Gasteiger partial charge in [0.2, 0.25) is 0 Å². The first-order valence-corrected chi connectivity index (χ1v) is 4.93. The number of aliphatic hydroxyl groups is 1. The van der Waals surface area contributed by atoms with Crippen molar-refractivity contribution in [3.8, 4) is 0 Å². The molecule has 0 radical (unpaired) electrons. The van der Waals surface area contributed by atoms with Crippen molar-refractivity contribution < 1.29 is 5.11 Å². The Labute approximate surface area is 75.3 Å². The normalized spacial score (nSPS) is 10.5. The first kappa shape index (κ1) is 11.9. The minimum absolute atomic E-state index is 0.292. The van der Waals surface area contributed by atoms with Crippen molar-refractivity contribution in [1.29, 1.82) is 0 Å². The van der Waals surface area contributed by atoms with Crippen LogP contribution in [0, 0.1) is 0 Å². The average Bonchev–Trinajstić information content (AvgIpc) is 2.10. The van der Waals surface area contributed by atoms with Crippen molar-refractivity contribution in [2.45, 2.75) is 32.1 Å². The lowest BCUT2D eigenvalue weighted by Gasteiger charge is -2.02. The third-order valence-electron chi connectivity index (χ3n) is 1.82. The van der Waals surface area contributed by atoms with Gasteiger partial charge in [0.1, 0.15) is 0 Å². The maximum absolute atomic E-state index is 8.49. The van der Waals surface area contributed by atoms with Gasteiger partial charge in [0, 0.05) is 6.61 Å². The molecule has 74 valence electrons. The third-order valence-corrected chi connectivity index (χ3v) is 1.82. The quantitative estimate of drug-likeness (QED) is 0.446. The molecule has 0 aromatic heterocycles. The Hall–Kier alpha value is -0.120. The van der Waals surface area contributed by atoms with Crippen molar-refractivity contribution in [1.82, 2.24) is 5.32 Å². The second-order valence-corrected chi connectivity index (χ2v) is 3.03. The Morgan fingerprint density at radius 3 is 2.25 bits per heavy atom. The smallest absolute Gasteiger partial charge is 0.0443 e. The molecule has 0 bridgehead atoms. The van der Waals surface area contributed by atoms with Crippen LogP contribution in [0.5, 0.6) is 0 Å². The lowest BCUT2D eigenvalue weighted by molar-refractivity contribution is 0.286. The fourth-order valence-corrected chi connectivity index (χ4v) is 1.08. The van der Waals surface area contributed by atoms with Gasteiger partial charge in [0.05, 0.1) is 0 Å². The van der Waals surface area contributed by atoms with Gasteiger partial charge in [-0.15, -0.1) is 0 Å².